The highest BCUT2D eigenvalue weighted by molar-refractivity contribution is 5.91. The Balaban J connectivity index is 1.24. The molecular formula is C23H26N2O4. The Kier molecular flexibility index (Phi) is 6.54. The van der Waals surface area contributed by atoms with E-state index >= 15 is 0 Å². The van der Waals surface area contributed by atoms with Crippen LogP contribution in [0.15, 0.2) is 54.7 Å². The molecule has 0 atom stereocenters. The summed E-state index contributed by atoms with van der Waals surface area (Å²) in [7, 11) is 0. The molecule has 152 valence electrons. The van der Waals surface area contributed by atoms with Gasteiger partial charge in [-0.1, -0.05) is 18.2 Å². The van der Waals surface area contributed by atoms with Gasteiger partial charge in [-0.2, -0.15) is 0 Å². The van der Waals surface area contributed by atoms with Gasteiger partial charge in [0, 0.05) is 31.3 Å². The molecule has 0 radical (unpaired) electrons. The first-order valence-electron chi connectivity index (χ1n) is 10.1. The van der Waals surface area contributed by atoms with Gasteiger partial charge in [-0.3, -0.25) is 9.78 Å². The highest BCUT2D eigenvalue weighted by atomic mass is 16.7. The van der Waals surface area contributed by atoms with Crippen molar-refractivity contribution in [3.8, 4) is 5.75 Å². The van der Waals surface area contributed by atoms with E-state index in [0.717, 1.165) is 42.9 Å². The number of piperidine rings is 1. The smallest absolute Gasteiger partial charge is 0.246 e. The van der Waals surface area contributed by atoms with Crippen molar-refractivity contribution in [2.45, 2.75) is 25.7 Å². The highest BCUT2D eigenvalue weighted by Gasteiger charge is 2.31. The molecule has 0 aliphatic carbocycles. The van der Waals surface area contributed by atoms with Crippen molar-refractivity contribution in [3.05, 3.63) is 66.0 Å². The van der Waals surface area contributed by atoms with Crippen LogP contribution in [0.1, 0.15) is 24.1 Å². The van der Waals surface area contributed by atoms with Crippen molar-refractivity contribution in [1.29, 1.82) is 0 Å². The number of rotatable bonds is 6. The zero-order chi connectivity index (χ0) is 19.9. The molecule has 3 heterocycles. The molecule has 2 aliphatic rings. The van der Waals surface area contributed by atoms with Gasteiger partial charge < -0.3 is 19.1 Å². The minimum Gasteiger partial charge on any atom is -0.487 e. The second-order valence-corrected chi connectivity index (χ2v) is 7.28. The molecule has 2 fully saturated rings. The summed E-state index contributed by atoms with van der Waals surface area (Å²) in [4.78, 5) is 18.6. The maximum Gasteiger partial charge on any atom is 0.246 e. The predicted molar refractivity (Wildman–Crippen MR) is 109 cm³/mol. The minimum atomic E-state index is -0.0822. The topological polar surface area (TPSA) is 60.9 Å². The molecule has 0 N–H and O–H groups in total. The monoisotopic (exact) mass is 394 g/mol. The van der Waals surface area contributed by atoms with Gasteiger partial charge in [0.1, 0.15) is 12.4 Å². The fraction of sp³-hybridized carbons (Fsp3) is 0.391. The summed E-state index contributed by atoms with van der Waals surface area (Å²) in [5.41, 5.74) is 1.85. The molecule has 29 heavy (non-hydrogen) atoms. The molecule has 0 bridgehead atoms. The number of pyridine rings is 1. The summed E-state index contributed by atoms with van der Waals surface area (Å²) in [6.45, 7) is 3.29. The van der Waals surface area contributed by atoms with Gasteiger partial charge in [0.2, 0.25) is 5.91 Å². The molecule has 6 heteroatoms. The Bertz CT molecular complexity index is 809. The second kappa shape index (κ2) is 9.67. The van der Waals surface area contributed by atoms with Gasteiger partial charge in [0.05, 0.1) is 18.9 Å². The standard InChI is InChI=1S/C23H26N2O4/c26-22(25-13-10-19(11-14-25)23-27-15-16-28-23)9-6-18-4-7-21(8-5-18)29-17-20-3-1-2-12-24-20/h1-9,12,19,23H,10-11,13-17H2/b9-6+. The van der Waals surface area contributed by atoms with Crippen molar-refractivity contribution < 1.29 is 19.0 Å². The van der Waals surface area contributed by atoms with E-state index in [4.69, 9.17) is 14.2 Å². The molecule has 1 aromatic carbocycles. The third-order valence-electron chi connectivity index (χ3n) is 5.30. The third kappa shape index (κ3) is 5.43. The van der Waals surface area contributed by atoms with E-state index in [1.165, 1.54) is 0 Å². The van der Waals surface area contributed by atoms with Crippen LogP contribution < -0.4 is 4.74 Å². The first-order valence-corrected chi connectivity index (χ1v) is 10.1. The first kappa shape index (κ1) is 19.6. The van der Waals surface area contributed by atoms with Gasteiger partial charge in [0.25, 0.3) is 0 Å². The molecule has 1 amide bonds. The molecule has 0 saturated carbocycles. The van der Waals surface area contributed by atoms with Crippen molar-refractivity contribution in [3.63, 3.8) is 0 Å². The molecule has 2 saturated heterocycles. The van der Waals surface area contributed by atoms with Gasteiger partial charge in [0.15, 0.2) is 6.29 Å². The van der Waals surface area contributed by atoms with Crippen LogP contribution in [-0.4, -0.2) is 48.4 Å². The maximum absolute atomic E-state index is 12.5. The third-order valence-corrected chi connectivity index (χ3v) is 5.30. The molecule has 2 aliphatic heterocycles. The number of amides is 1. The largest absolute Gasteiger partial charge is 0.487 e. The molecule has 0 spiro atoms. The second-order valence-electron chi connectivity index (χ2n) is 7.28. The number of nitrogens with zero attached hydrogens (tertiary/aromatic N) is 2. The lowest BCUT2D eigenvalue weighted by Crippen LogP contribution is -2.40. The van der Waals surface area contributed by atoms with Crippen molar-refractivity contribution in [1.82, 2.24) is 9.88 Å². The highest BCUT2D eigenvalue weighted by Crippen LogP contribution is 2.26. The first-order chi connectivity index (χ1) is 14.3. The quantitative estimate of drug-likeness (QED) is 0.704. The van der Waals surface area contributed by atoms with E-state index in [1.54, 1.807) is 12.3 Å². The van der Waals surface area contributed by atoms with Crippen LogP contribution in [0.25, 0.3) is 6.08 Å². The van der Waals surface area contributed by atoms with E-state index in [9.17, 15) is 4.79 Å². The molecule has 1 aromatic heterocycles. The molecule has 4 rings (SSSR count). The number of benzene rings is 1. The number of hydrogen-bond donors (Lipinski definition) is 0. The summed E-state index contributed by atoms with van der Waals surface area (Å²) in [5.74, 6) is 1.22. The molecular weight excluding hydrogens is 368 g/mol. The Labute approximate surface area is 171 Å². The van der Waals surface area contributed by atoms with Crippen LogP contribution in [0.4, 0.5) is 0 Å². The lowest BCUT2D eigenvalue weighted by Gasteiger charge is -2.33. The lowest BCUT2D eigenvalue weighted by molar-refractivity contribution is -0.131. The summed E-state index contributed by atoms with van der Waals surface area (Å²) >= 11 is 0. The van der Waals surface area contributed by atoms with Crippen molar-refractivity contribution >= 4 is 12.0 Å². The number of carbonyl (C=O) groups excluding carboxylic acids is 1. The van der Waals surface area contributed by atoms with Crippen LogP contribution in [0.3, 0.4) is 0 Å². The average Bonchev–Trinajstić information content (AvgIpc) is 3.33. The van der Waals surface area contributed by atoms with Crippen LogP contribution in [0.2, 0.25) is 0 Å². The Morgan fingerprint density at radius 1 is 1.10 bits per heavy atom. The van der Waals surface area contributed by atoms with Crippen LogP contribution in [0, 0.1) is 5.92 Å². The van der Waals surface area contributed by atoms with E-state index in [1.807, 2.05) is 53.4 Å². The minimum absolute atomic E-state index is 0.0483. The maximum atomic E-state index is 12.5. The van der Waals surface area contributed by atoms with Crippen LogP contribution in [0.5, 0.6) is 5.75 Å². The van der Waals surface area contributed by atoms with Gasteiger partial charge in [-0.05, 0) is 48.7 Å². The normalized spacial score (nSPS) is 18.4. The SMILES string of the molecule is O=C(/C=C/c1ccc(OCc2ccccn2)cc1)N1CCC(C2OCCO2)CC1. The summed E-state index contributed by atoms with van der Waals surface area (Å²) < 4.78 is 16.9. The Morgan fingerprint density at radius 2 is 1.86 bits per heavy atom. The number of ether oxygens (including phenoxy) is 3. The predicted octanol–water partition coefficient (Wildman–Crippen LogP) is 3.29. The van der Waals surface area contributed by atoms with E-state index in [-0.39, 0.29) is 12.2 Å². The van der Waals surface area contributed by atoms with E-state index < -0.39 is 0 Å². The zero-order valence-electron chi connectivity index (χ0n) is 16.4. The van der Waals surface area contributed by atoms with Crippen molar-refractivity contribution in [2.75, 3.05) is 26.3 Å². The fourth-order valence-corrected chi connectivity index (χ4v) is 3.63. The summed E-state index contributed by atoms with van der Waals surface area (Å²) in [5, 5.41) is 0. The van der Waals surface area contributed by atoms with E-state index in [0.29, 0.717) is 25.7 Å². The number of aromatic nitrogens is 1. The fourth-order valence-electron chi connectivity index (χ4n) is 3.63. The van der Waals surface area contributed by atoms with Gasteiger partial charge in [-0.25, -0.2) is 0 Å². The van der Waals surface area contributed by atoms with Crippen molar-refractivity contribution in [2.24, 2.45) is 5.92 Å². The molecule has 0 unspecified atom stereocenters. The van der Waals surface area contributed by atoms with Gasteiger partial charge >= 0.3 is 0 Å². The summed E-state index contributed by atoms with van der Waals surface area (Å²) in [6, 6.07) is 13.4. The average molecular weight is 394 g/mol. The van der Waals surface area contributed by atoms with Crippen LogP contribution >= 0.6 is 0 Å². The number of hydrogen-bond acceptors (Lipinski definition) is 5. The number of carbonyl (C=O) groups is 1. The van der Waals surface area contributed by atoms with Crippen LogP contribution in [-0.2, 0) is 20.9 Å². The van der Waals surface area contributed by atoms with E-state index in [2.05, 4.69) is 4.98 Å². The summed E-state index contributed by atoms with van der Waals surface area (Å²) in [6.07, 6.45) is 7.01. The Morgan fingerprint density at radius 3 is 2.55 bits per heavy atom. The molecule has 6 nitrogen and oxygen atoms in total. The lowest BCUT2D eigenvalue weighted by atomic mass is 9.96. The molecule has 2 aromatic rings. The van der Waals surface area contributed by atoms with Gasteiger partial charge in [-0.15, -0.1) is 0 Å². The Hall–Kier alpha value is -2.70. The zero-order valence-corrected chi connectivity index (χ0v) is 16.4. The number of likely N-dealkylation sites (tertiary alicyclic amines) is 1.